The highest BCUT2D eigenvalue weighted by Crippen LogP contribution is 2.26. The van der Waals surface area contributed by atoms with Gasteiger partial charge in [0.2, 0.25) is 0 Å². The highest BCUT2D eigenvalue weighted by Gasteiger charge is 2.25. The van der Waals surface area contributed by atoms with Gasteiger partial charge in [-0.05, 0) is 32.7 Å². The quantitative estimate of drug-likeness (QED) is 0.793. The van der Waals surface area contributed by atoms with Crippen LogP contribution in [0.15, 0.2) is 0 Å². The molecule has 1 saturated heterocycles. The van der Waals surface area contributed by atoms with E-state index in [9.17, 15) is 0 Å². The average molecular weight is 224 g/mol. The number of piperazine rings is 1. The molecule has 2 fully saturated rings. The van der Waals surface area contributed by atoms with Gasteiger partial charge in [-0.2, -0.15) is 0 Å². The molecule has 1 aliphatic carbocycles. The molecule has 0 unspecified atom stereocenters. The van der Waals surface area contributed by atoms with Crippen molar-refractivity contribution in [2.24, 2.45) is 5.92 Å². The molecule has 0 atom stereocenters. The lowest BCUT2D eigenvalue weighted by Crippen LogP contribution is -2.57. The van der Waals surface area contributed by atoms with Crippen molar-refractivity contribution in [2.45, 2.75) is 57.9 Å². The fourth-order valence-corrected chi connectivity index (χ4v) is 3.28. The van der Waals surface area contributed by atoms with Crippen LogP contribution in [0.25, 0.3) is 0 Å². The number of rotatable bonds is 3. The Bertz CT molecular complexity index is 207. The van der Waals surface area contributed by atoms with Crippen LogP contribution in [0.4, 0.5) is 0 Å². The van der Waals surface area contributed by atoms with Crippen LogP contribution in [-0.4, -0.2) is 36.6 Å². The van der Waals surface area contributed by atoms with Crippen molar-refractivity contribution in [3.05, 3.63) is 0 Å². The topological polar surface area (TPSA) is 15.3 Å². The molecule has 2 heteroatoms. The summed E-state index contributed by atoms with van der Waals surface area (Å²) in [7, 11) is 0. The molecule has 0 spiro atoms. The van der Waals surface area contributed by atoms with Gasteiger partial charge in [0.25, 0.3) is 0 Å². The van der Waals surface area contributed by atoms with Crippen molar-refractivity contribution in [3.63, 3.8) is 0 Å². The van der Waals surface area contributed by atoms with Crippen LogP contribution in [0.1, 0.15) is 52.4 Å². The molecule has 1 N–H and O–H groups in total. The zero-order valence-electron chi connectivity index (χ0n) is 11.1. The summed E-state index contributed by atoms with van der Waals surface area (Å²) in [6, 6.07) is 0. The summed E-state index contributed by atoms with van der Waals surface area (Å²) in [5.74, 6) is 1.03. The maximum absolute atomic E-state index is 3.58. The van der Waals surface area contributed by atoms with E-state index in [1.807, 2.05) is 0 Å². The molecular formula is C14H28N2. The molecule has 16 heavy (non-hydrogen) atoms. The first-order chi connectivity index (χ1) is 7.66. The van der Waals surface area contributed by atoms with Crippen LogP contribution in [0, 0.1) is 5.92 Å². The van der Waals surface area contributed by atoms with Crippen LogP contribution in [-0.2, 0) is 0 Å². The molecule has 1 aliphatic heterocycles. The van der Waals surface area contributed by atoms with Crippen molar-refractivity contribution in [1.82, 2.24) is 10.2 Å². The second-order valence-corrected chi connectivity index (χ2v) is 6.38. The van der Waals surface area contributed by atoms with Gasteiger partial charge in [0.05, 0.1) is 0 Å². The number of nitrogens with one attached hydrogen (secondary N) is 1. The summed E-state index contributed by atoms with van der Waals surface area (Å²) in [4.78, 5) is 2.66. The van der Waals surface area contributed by atoms with Crippen molar-refractivity contribution in [1.29, 1.82) is 0 Å². The minimum atomic E-state index is 0.324. The van der Waals surface area contributed by atoms with Gasteiger partial charge in [-0.25, -0.2) is 0 Å². The average Bonchev–Trinajstić information content (AvgIpc) is 2.27. The van der Waals surface area contributed by atoms with E-state index < -0.39 is 0 Å². The molecule has 0 bridgehead atoms. The second kappa shape index (κ2) is 5.50. The molecule has 0 aromatic rings. The van der Waals surface area contributed by atoms with Gasteiger partial charge < -0.3 is 10.2 Å². The second-order valence-electron chi connectivity index (χ2n) is 6.38. The smallest absolute Gasteiger partial charge is 0.0252 e. The van der Waals surface area contributed by atoms with E-state index in [0.29, 0.717) is 5.54 Å². The largest absolute Gasteiger partial charge is 0.309 e. The van der Waals surface area contributed by atoms with Crippen LogP contribution >= 0.6 is 0 Å². The SMILES string of the molecule is CC1(C)CN(CCC2CCCCC2)CCN1. The Kier molecular flexibility index (Phi) is 4.26. The third kappa shape index (κ3) is 3.74. The van der Waals surface area contributed by atoms with Gasteiger partial charge >= 0.3 is 0 Å². The van der Waals surface area contributed by atoms with Gasteiger partial charge in [-0.3, -0.25) is 0 Å². The Hall–Kier alpha value is -0.0800. The standard InChI is InChI=1S/C14H28N2/c1-14(2)12-16(11-9-15-14)10-8-13-6-4-3-5-7-13/h13,15H,3-12H2,1-2H3. The maximum atomic E-state index is 3.58. The van der Waals surface area contributed by atoms with E-state index in [4.69, 9.17) is 0 Å². The lowest BCUT2D eigenvalue weighted by Gasteiger charge is -2.39. The first-order valence-corrected chi connectivity index (χ1v) is 7.13. The maximum Gasteiger partial charge on any atom is 0.0252 e. The zero-order valence-corrected chi connectivity index (χ0v) is 11.1. The number of hydrogen-bond donors (Lipinski definition) is 1. The first kappa shape index (κ1) is 12.4. The molecule has 94 valence electrons. The Balaban J connectivity index is 1.68. The van der Waals surface area contributed by atoms with Crippen molar-refractivity contribution < 1.29 is 0 Å². The predicted molar refractivity (Wildman–Crippen MR) is 69.7 cm³/mol. The van der Waals surface area contributed by atoms with Crippen LogP contribution in [0.3, 0.4) is 0 Å². The lowest BCUT2D eigenvalue weighted by atomic mass is 9.87. The number of nitrogens with zero attached hydrogens (tertiary/aromatic N) is 1. The van der Waals surface area contributed by atoms with Crippen molar-refractivity contribution in [3.8, 4) is 0 Å². The van der Waals surface area contributed by atoms with E-state index in [1.165, 1.54) is 58.2 Å². The Morgan fingerprint density at radius 1 is 1.19 bits per heavy atom. The van der Waals surface area contributed by atoms with Crippen LogP contribution in [0.5, 0.6) is 0 Å². The van der Waals surface area contributed by atoms with E-state index in [1.54, 1.807) is 0 Å². The molecular weight excluding hydrogens is 196 g/mol. The van der Waals surface area contributed by atoms with Crippen LogP contribution in [0.2, 0.25) is 0 Å². The van der Waals surface area contributed by atoms with Crippen molar-refractivity contribution in [2.75, 3.05) is 26.2 Å². The molecule has 2 rings (SSSR count). The third-order valence-electron chi connectivity index (χ3n) is 4.23. The minimum Gasteiger partial charge on any atom is -0.309 e. The fraction of sp³-hybridized carbons (Fsp3) is 1.00. The van der Waals surface area contributed by atoms with Gasteiger partial charge in [0.1, 0.15) is 0 Å². The monoisotopic (exact) mass is 224 g/mol. The van der Waals surface area contributed by atoms with E-state index >= 15 is 0 Å². The van der Waals surface area contributed by atoms with Gasteiger partial charge in [-0.15, -0.1) is 0 Å². The summed E-state index contributed by atoms with van der Waals surface area (Å²) in [6.45, 7) is 9.60. The predicted octanol–water partition coefficient (Wildman–Crippen LogP) is 2.64. The highest BCUT2D eigenvalue weighted by molar-refractivity contribution is 4.86. The molecule has 0 radical (unpaired) electrons. The fourth-order valence-electron chi connectivity index (χ4n) is 3.28. The summed E-state index contributed by atoms with van der Waals surface area (Å²) >= 11 is 0. The van der Waals surface area contributed by atoms with Gasteiger partial charge in [-0.1, -0.05) is 32.1 Å². The molecule has 0 amide bonds. The molecule has 1 heterocycles. The Labute approximate surface area is 101 Å². The minimum absolute atomic E-state index is 0.324. The molecule has 1 saturated carbocycles. The molecule has 2 nitrogen and oxygen atoms in total. The Morgan fingerprint density at radius 2 is 1.94 bits per heavy atom. The summed E-state index contributed by atoms with van der Waals surface area (Å²) in [5, 5.41) is 3.58. The Morgan fingerprint density at radius 3 is 2.62 bits per heavy atom. The summed E-state index contributed by atoms with van der Waals surface area (Å²) < 4.78 is 0. The van der Waals surface area contributed by atoms with Crippen LogP contribution < -0.4 is 5.32 Å². The van der Waals surface area contributed by atoms with Gasteiger partial charge in [0, 0.05) is 25.2 Å². The third-order valence-corrected chi connectivity index (χ3v) is 4.23. The normalized spacial score (nSPS) is 28.1. The van der Waals surface area contributed by atoms with E-state index in [2.05, 4.69) is 24.1 Å². The lowest BCUT2D eigenvalue weighted by molar-refractivity contribution is 0.142. The molecule has 2 aliphatic rings. The zero-order chi connectivity index (χ0) is 11.4. The summed E-state index contributed by atoms with van der Waals surface area (Å²) in [6.07, 6.45) is 8.88. The first-order valence-electron chi connectivity index (χ1n) is 7.13. The van der Waals surface area contributed by atoms with Crippen molar-refractivity contribution >= 4 is 0 Å². The van der Waals surface area contributed by atoms with E-state index in [0.717, 1.165) is 12.5 Å². The molecule has 0 aromatic carbocycles. The molecule has 0 aromatic heterocycles. The van der Waals surface area contributed by atoms with Gasteiger partial charge in [0.15, 0.2) is 0 Å². The van der Waals surface area contributed by atoms with E-state index in [-0.39, 0.29) is 0 Å². The number of hydrogen-bond acceptors (Lipinski definition) is 2. The summed E-state index contributed by atoms with van der Waals surface area (Å²) in [5.41, 5.74) is 0.324. The highest BCUT2D eigenvalue weighted by atomic mass is 15.2.